The minimum absolute atomic E-state index is 0.137. The zero-order chi connectivity index (χ0) is 27.3. The number of nitrogen functional groups attached to an aromatic ring is 1. The van der Waals surface area contributed by atoms with Crippen molar-refractivity contribution in [2.24, 2.45) is 5.73 Å². The first-order chi connectivity index (χ1) is 18.8. The van der Waals surface area contributed by atoms with Crippen LogP contribution in [0.3, 0.4) is 0 Å². The van der Waals surface area contributed by atoms with Gasteiger partial charge in [-0.15, -0.1) is 11.3 Å². The molecule has 192 valence electrons. The molecule has 1 aliphatic rings. The van der Waals surface area contributed by atoms with Crippen molar-refractivity contribution >= 4 is 51.4 Å². The molecule has 0 saturated heterocycles. The molecule has 0 fully saturated rings. The average Bonchev–Trinajstić information content (AvgIpc) is 3.41. The molecule has 6 N–H and O–H groups in total. The lowest BCUT2D eigenvalue weighted by Gasteiger charge is -2.21. The molecule has 11 heteroatoms. The predicted molar refractivity (Wildman–Crippen MR) is 147 cm³/mol. The highest BCUT2D eigenvalue weighted by molar-refractivity contribution is 7.13. The van der Waals surface area contributed by atoms with E-state index in [1.54, 1.807) is 42.6 Å². The van der Waals surface area contributed by atoms with Crippen LogP contribution in [0.25, 0.3) is 32.3 Å². The number of primary amides is 1. The maximum atomic E-state index is 13.8. The molecule has 39 heavy (non-hydrogen) atoms. The van der Waals surface area contributed by atoms with Crippen LogP contribution in [0.15, 0.2) is 66.2 Å². The maximum absolute atomic E-state index is 13.8. The lowest BCUT2D eigenvalue weighted by atomic mass is 9.92. The standard InChI is InChI=1S/C28H19N5O5S/c29-25-16-2-1-15(9-13(16)5-7-31-25)32-27(35)19-10-20-22(38-12-14-6-8-39-24(14)20)11-18(19)17-3-4-21(26(30)34)33-23(17)28(36)37/h1-11H,12H2,(H2,29,31)(H2,30,34)(H,32,35)(H,36,37). The van der Waals surface area contributed by atoms with Crippen molar-refractivity contribution in [3.05, 3.63) is 88.7 Å². The number of carbonyl (C=O) groups is 3. The van der Waals surface area contributed by atoms with E-state index in [0.29, 0.717) is 23.9 Å². The number of ether oxygens (including phenoxy) is 1. The van der Waals surface area contributed by atoms with Gasteiger partial charge in [-0.2, -0.15) is 0 Å². The second-order valence-electron chi connectivity index (χ2n) is 8.81. The number of amides is 2. The number of carbonyl (C=O) groups excluding carboxylic acids is 2. The summed E-state index contributed by atoms with van der Waals surface area (Å²) in [4.78, 5) is 46.6. The van der Waals surface area contributed by atoms with Gasteiger partial charge in [0, 0.05) is 50.0 Å². The zero-order valence-corrected chi connectivity index (χ0v) is 20.9. The number of nitrogens with two attached hydrogens (primary N) is 2. The minimum atomic E-state index is -1.38. The summed E-state index contributed by atoms with van der Waals surface area (Å²) in [6, 6.07) is 15.1. The second-order valence-corrected chi connectivity index (χ2v) is 9.72. The number of thiophene rings is 1. The van der Waals surface area contributed by atoms with Crippen molar-refractivity contribution in [2.45, 2.75) is 6.61 Å². The first kappa shape index (κ1) is 24.1. The molecule has 3 aromatic heterocycles. The number of hydrogen-bond donors (Lipinski definition) is 4. The first-order valence-corrected chi connectivity index (χ1v) is 12.6. The van der Waals surface area contributed by atoms with Crippen molar-refractivity contribution in [3.8, 4) is 27.3 Å². The number of carboxylic acid groups (broad SMARTS) is 1. The van der Waals surface area contributed by atoms with E-state index in [9.17, 15) is 19.5 Å². The Labute approximate surface area is 224 Å². The fraction of sp³-hybridized carbons (Fsp3) is 0.0357. The molecule has 0 spiro atoms. The summed E-state index contributed by atoms with van der Waals surface area (Å²) in [5.74, 6) is -1.84. The van der Waals surface area contributed by atoms with Gasteiger partial charge >= 0.3 is 5.97 Å². The molecule has 0 saturated carbocycles. The number of pyridine rings is 2. The van der Waals surface area contributed by atoms with Gasteiger partial charge in [0.1, 0.15) is 23.9 Å². The van der Waals surface area contributed by atoms with E-state index in [4.69, 9.17) is 16.2 Å². The lowest BCUT2D eigenvalue weighted by Crippen LogP contribution is -2.18. The fourth-order valence-electron chi connectivity index (χ4n) is 4.58. The normalized spacial score (nSPS) is 11.8. The van der Waals surface area contributed by atoms with Gasteiger partial charge in [0.25, 0.3) is 11.8 Å². The average molecular weight is 538 g/mol. The molecule has 0 unspecified atom stereocenters. The Morgan fingerprint density at radius 2 is 1.85 bits per heavy atom. The van der Waals surface area contributed by atoms with E-state index in [1.807, 2.05) is 11.4 Å². The van der Waals surface area contributed by atoms with Gasteiger partial charge in [0.05, 0.1) is 0 Å². The molecule has 0 aliphatic carbocycles. The Hall–Kier alpha value is -5.29. The van der Waals surface area contributed by atoms with Crippen LogP contribution in [-0.2, 0) is 6.61 Å². The van der Waals surface area contributed by atoms with Crippen LogP contribution in [-0.4, -0.2) is 32.9 Å². The summed E-state index contributed by atoms with van der Waals surface area (Å²) in [5.41, 5.74) is 13.5. The monoisotopic (exact) mass is 537 g/mol. The van der Waals surface area contributed by atoms with E-state index in [0.717, 1.165) is 26.8 Å². The van der Waals surface area contributed by atoms with Gasteiger partial charge in [-0.1, -0.05) is 0 Å². The summed E-state index contributed by atoms with van der Waals surface area (Å²) >= 11 is 1.52. The van der Waals surface area contributed by atoms with Crippen LogP contribution in [0.4, 0.5) is 11.5 Å². The van der Waals surface area contributed by atoms with Crippen molar-refractivity contribution in [1.29, 1.82) is 0 Å². The van der Waals surface area contributed by atoms with Crippen LogP contribution >= 0.6 is 11.3 Å². The predicted octanol–water partition coefficient (Wildman–Crippen LogP) is 4.55. The van der Waals surface area contributed by atoms with Crippen molar-refractivity contribution < 1.29 is 24.2 Å². The van der Waals surface area contributed by atoms with E-state index < -0.39 is 23.5 Å². The molecular weight excluding hydrogens is 518 g/mol. The molecule has 10 nitrogen and oxygen atoms in total. The van der Waals surface area contributed by atoms with Crippen molar-refractivity contribution in [3.63, 3.8) is 0 Å². The highest BCUT2D eigenvalue weighted by Crippen LogP contribution is 2.44. The van der Waals surface area contributed by atoms with Crippen LogP contribution in [0, 0.1) is 0 Å². The Kier molecular flexibility index (Phi) is 5.69. The number of benzene rings is 2. The summed E-state index contributed by atoms with van der Waals surface area (Å²) < 4.78 is 5.96. The molecule has 0 radical (unpaired) electrons. The Balaban J connectivity index is 1.51. The maximum Gasteiger partial charge on any atom is 0.355 e. The van der Waals surface area contributed by atoms with Crippen LogP contribution in [0.2, 0.25) is 0 Å². The van der Waals surface area contributed by atoms with Crippen molar-refractivity contribution in [1.82, 2.24) is 9.97 Å². The molecule has 2 amide bonds. The number of carboxylic acids is 1. The first-order valence-electron chi connectivity index (χ1n) is 11.7. The minimum Gasteiger partial charge on any atom is -0.488 e. The van der Waals surface area contributed by atoms with Gasteiger partial charge in [0.15, 0.2) is 5.69 Å². The molecule has 6 rings (SSSR count). The Morgan fingerprint density at radius 3 is 2.64 bits per heavy atom. The van der Waals surface area contributed by atoms with E-state index in [2.05, 4.69) is 15.3 Å². The quantitative estimate of drug-likeness (QED) is 0.253. The lowest BCUT2D eigenvalue weighted by molar-refractivity contribution is 0.0691. The van der Waals surface area contributed by atoms with Gasteiger partial charge < -0.3 is 26.6 Å². The molecule has 1 aliphatic heterocycles. The molecule has 0 atom stereocenters. The molecule has 0 bridgehead atoms. The largest absolute Gasteiger partial charge is 0.488 e. The van der Waals surface area contributed by atoms with Gasteiger partial charge in [-0.05, 0) is 65.4 Å². The summed E-state index contributed by atoms with van der Waals surface area (Å²) in [6.45, 7) is 0.344. The highest BCUT2D eigenvalue weighted by atomic mass is 32.1. The summed E-state index contributed by atoms with van der Waals surface area (Å²) in [5, 5.41) is 16.3. The van der Waals surface area contributed by atoms with Crippen LogP contribution in [0.5, 0.6) is 5.75 Å². The number of anilines is 2. The molecule has 5 aromatic rings. The van der Waals surface area contributed by atoms with E-state index in [-0.39, 0.29) is 22.4 Å². The number of aromatic carboxylic acids is 1. The smallest absolute Gasteiger partial charge is 0.355 e. The van der Waals surface area contributed by atoms with Gasteiger partial charge in [-0.25, -0.2) is 14.8 Å². The molecule has 4 heterocycles. The number of hydrogen-bond acceptors (Lipinski definition) is 8. The third kappa shape index (κ3) is 4.20. The van der Waals surface area contributed by atoms with Crippen molar-refractivity contribution in [2.75, 3.05) is 11.1 Å². The van der Waals surface area contributed by atoms with Crippen LogP contribution < -0.4 is 21.5 Å². The van der Waals surface area contributed by atoms with Crippen LogP contribution in [0.1, 0.15) is 36.9 Å². The number of aromatic nitrogens is 2. The number of fused-ring (bicyclic) bond motifs is 4. The summed E-state index contributed by atoms with van der Waals surface area (Å²) in [6.07, 6.45) is 1.58. The van der Waals surface area contributed by atoms with E-state index >= 15 is 0 Å². The highest BCUT2D eigenvalue weighted by Gasteiger charge is 2.27. The number of nitrogens with zero attached hydrogens (tertiary/aromatic N) is 2. The zero-order valence-electron chi connectivity index (χ0n) is 20.1. The Morgan fingerprint density at radius 1 is 1.00 bits per heavy atom. The second kappa shape index (κ2) is 9.23. The third-order valence-electron chi connectivity index (χ3n) is 6.43. The fourth-order valence-corrected chi connectivity index (χ4v) is 5.52. The van der Waals surface area contributed by atoms with E-state index in [1.165, 1.54) is 23.5 Å². The molecule has 2 aromatic carbocycles. The Bertz CT molecular complexity index is 1850. The number of nitrogens with one attached hydrogen (secondary N) is 1. The summed E-state index contributed by atoms with van der Waals surface area (Å²) in [7, 11) is 0. The third-order valence-corrected chi connectivity index (χ3v) is 7.42. The number of rotatable bonds is 5. The van der Waals surface area contributed by atoms with Gasteiger partial charge in [0.2, 0.25) is 0 Å². The topological polar surface area (TPSA) is 171 Å². The molecular formula is C28H19N5O5S. The van der Waals surface area contributed by atoms with Gasteiger partial charge in [-0.3, -0.25) is 9.59 Å². The SMILES string of the molecule is NC(=O)c1ccc(-c2cc3c(cc2C(=O)Nc2ccc4c(N)nccc4c2)-c2sccc2CO3)c(C(=O)O)n1.